The number of rotatable bonds is 4. The second-order valence-corrected chi connectivity index (χ2v) is 4.44. The van der Waals surface area contributed by atoms with Crippen LogP contribution in [0.25, 0.3) is 0 Å². The minimum atomic E-state index is -0.179. The summed E-state index contributed by atoms with van der Waals surface area (Å²) in [5.74, 6) is 0.433. The molecule has 0 spiro atoms. The van der Waals surface area contributed by atoms with E-state index in [9.17, 15) is 4.79 Å². The molecule has 0 aromatic heterocycles. The second-order valence-electron chi connectivity index (χ2n) is 4.03. The highest BCUT2D eigenvalue weighted by Gasteiger charge is 2.11. The molecular weight excluding hydrogens is 240 g/mol. The fourth-order valence-electron chi connectivity index (χ4n) is 1.42. The van der Waals surface area contributed by atoms with Crippen LogP contribution in [-0.4, -0.2) is 19.1 Å². The molecule has 1 rings (SSSR count). The molecule has 1 amide bonds. The Kier molecular flexibility index (Phi) is 4.78. The number of ether oxygens (including phenoxy) is 1. The molecule has 1 atom stereocenters. The van der Waals surface area contributed by atoms with E-state index < -0.39 is 0 Å². The standard InChI is InChI=1S/C12H17ClN2O2/c1-7-4-11(17-3)10(6-9(7)13)15-12(16)5-8(2)14/h4,6,8H,5,14H2,1-3H3,(H,15,16). The molecule has 0 bridgehead atoms. The number of aryl methyl sites for hydroxylation is 1. The normalized spacial score (nSPS) is 12.1. The van der Waals surface area contributed by atoms with Gasteiger partial charge in [0.15, 0.2) is 0 Å². The molecule has 3 N–H and O–H groups in total. The lowest BCUT2D eigenvalue weighted by Gasteiger charge is -2.13. The highest BCUT2D eigenvalue weighted by Crippen LogP contribution is 2.30. The van der Waals surface area contributed by atoms with Crippen LogP contribution in [-0.2, 0) is 4.79 Å². The van der Waals surface area contributed by atoms with E-state index in [4.69, 9.17) is 22.1 Å². The number of carbonyl (C=O) groups is 1. The van der Waals surface area contributed by atoms with Gasteiger partial charge in [-0.2, -0.15) is 0 Å². The molecule has 4 nitrogen and oxygen atoms in total. The predicted molar refractivity (Wildman–Crippen MR) is 69.6 cm³/mol. The van der Waals surface area contributed by atoms with Gasteiger partial charge in [-0.1, -0.05) is 11.6 Å². The van der Waals surface area contributed by atoms with E-state index in [-0.39, 0.29) is 18.4 Å². The lowest BCUT2D eigenvalue weighted by molar-refractivity contribution is -0.116. The number of hydrogen-bond donors (Lipinski definition) is 2. The van der Waals surface area contributed by atoms with E-state index >= 15 is 0 Å². The Labute approximate surface area is 106 Å². The molecule has 1 aromatic carbocycles. The first-order valence-electron chi connectivity index (χ1n) is 5.33. The Morgan fingerprint density at radius 1 is 1.59 bits per heavy atom. The van der Waals surface area contributed by atoms with Gasteiger partial charge in [-0.05, 0) is 31.5 Å². The van der Waals surface area contributed by atoms with Crippen molar-refractivity contribution in [3.05, 3.63) is 22.7 Å². The number of anilines is 1. The van der Waals surface area contributed by atoms with Gasteiger partial charge >= 0.3 is 0 Å². The highest BCUT2D eigenvalue weighted by atomic mass is 35.5. The molecule has 0 saturated heterocycles. The van der Waals surface area contributed by atoms with Gasteiger partial charge in [-0.3, -0.25) is 4.79 Å². The van der Waals surface area contributed by atoms with Crippen LogP contribution in [0, 0.1) is 6.92 Å². The van der Waals surface area contributed by atoms with Gasteiger partial charge in [-0.25, -0.2) is 0 Å². The summed E-state index contributed by atoms with van der Waals surface area (Å²) >= 11 is 6.00. The van der Waals surface area contributed by atoms with E-state index in [0.717, 1.165) is 5.56 Å². The van der Waals surface area contributed by atoms with Crippen molar-refractivity contribution >= 4 is 23.2 Å². The van der Waals surface area contributed by atoms with Crippen LogP contribution in [0.2, 0.25) is 5.02 Å². The van der Waals surface area contributed by atoms with Crippen LogP contribution >= 0.6 is 11.6 Å². The number of benzene rings is 1. The molecule has 94 valence electrons. The molecule has 0 saturated carbocycles. The zero-order valence-electron chi connectivity index (χ0n) is 10.2. The first kappa shape index (κ1) is 13.8. The number of carbonyl (C=O) groups excluding carboxylic acids is 1. The number of nitrogens with one attached hydrogen (secondary N) is 1. The third-order valence-electron chi connectivity index (χ3n) is 2.26. The summed E-state index contributed by atoms with van der Waals surface area (Å²) < 4.78 is 5.18. The van der Waals surface area contributed by atoms with Gasteiger partial charge in [0.05, 0.1) is 12.8 Å². The Morgan fingerprint density at radius 2 is 2.24 bits per heavy atom. The van der Waals surface area contributed by atoms with Crippen LogP contribution in [0.1, 0.15) is 18.9 Å². The van der Waals surface area contributed by atoms with Crippen molar-refractivity contribution in [1.29, 1.82) is 0 Å². The van der Waals surface area contributed by atoms with Gasteiger partial charge < -0.3 is 15.8 Å². The maximum atomic E-state index is 11.6. The molecule has 1 aromatic rings. The van der Waals surface area contributed by atoms with Crippen molar-refractivity contribution in [1.82, 2.24) is 0 Å². The maximum absolute atomic E-state index is 11.6. The van der Waals surface area contributed by atoms with Crippen LogP contribution in [0.5, 0.6) is 5.75 Å². The van der Waals surface area contributed by atoms with Crippen molar-refractivity contribution in [2.45, 2.75) is 26.3 Å². The molecular formula is C12H17ClN2O2. The summed E-state index contributed by atoms with van der Waals surface area (Å²) in [4.78, 5) is 11.6. The average Bonchev–Trinajstić information content (AvgIpc) is 2.21. The molecule has 0 aliphatic carbocycles. The quantitative estimate of drug-likeness (QED) is 0.869. The van der Waals surface area contributed by atoms with Crippen LogP contribution in [0.15, 0.2) is 12.1 Å². The van der Waals surface area contributed by atoms with Gasteiger partial charge in [0, 0.05) is 17.5 Å². The molecule has 0 radical (unpaired) electrons. The van der Waals surface area contributed by atoms with E-state index in [1.807, 2.05) is 6.92 Å². The Bertz CT molecular complexity index is 419. The van der Waals surface area contributed by atoms with Crippen molar-refractivity contribution in [2.75, 3.05) is 12.4 Å². The van der Waals surface area contributed by atoms with E-state index in [1.54, 1.807) is 26.2 Å². The lowest BCUT2D eigenvalue weighted by Crippen LogP contribution is -2.24. The monoisotopic (exact) mass is 256 g/mol. The van der Waals surface area contributed by atoms with Crippen molar-refractivity contribution in [3.8, 4) is 5.75 Å². The number of amides is 1. The zero-order chi connectivity index (χ0) is 13.0. The van der Waals surface area contributed by atoms with E-state index in [1.165, 1.54) is 0 Å². The van der Waals surface area contributed by atoms with Crippen LogP contribution < -0.4 is 15.8 Å². The molecule has 0 aliphatic heterocycles. The largest absolute Gasteiger partial charge is 0.495 e. The number of nitrogens with two attached hydrogens (primary N) is 1. The van der Waals surface area contributed by atoms with Gasteiger partial charge in [0.2, 0.25) is 5.91 Å². The van der Waals surface area contributed by atoms with Gasteiger partial charge in [0.1, 0.15) is 5.75 Å². The summed E-state index contributed by atoms with van der Waals surface area (Å²) in [6.07, 6.45) is 0.259. The SMILES string of the molecule is COc1cc(C)c(Cl)cc1NC(=O)CC(C)N. The van der Waals surface area contributed by atoms with E-state index in [2.05, 4.69) is 5.32 Å². The summed E-state index contributed by atoms with van der Waals surface area (Å²) in [6, 6.07) is 3.28. The fourth-order valence-corrected chi connectivity index (χ4v) is 1.58. The number of methoxy groups -OCH3 is 1. The minimum Gasteiger partial charge on any atom is -0.495 e. The van der Waals surface area contributed by atoms with Crippen molar-refractivity contribution in [3.63, 3.8) is 0 Å². The van der Waals surface area contributed by atoms with Crippen LogP contribution in [0.3, 0.4) is 0 Å². The topological polar surface area (TPSA) is 64.3 Å². The van der Waals surface area contributed by atoms with E-state index in [0.29, 0.717) is 16.5 Å². The summed E-state index contributed by atoms with van der Waals surface area (Å²) in [7, 11) is 1.55. The van der Waals surface area contributed by atoms with Crippen molar-refractivity contribution in [2.24, 2.45) is 5.73 Å². The third-order valence-corrected chi connectivity index (χ3v) is 2.67. The summed E-state index contributed by atoms with van der Waals surface area (Å²) in [5, 5.41) is 3.32. The highest BCUT2D eigenvalue weighted by molar-refractivity contribution is 6.31. The first-order chi connectivity index (χ1) is 7.93. The Morgan fingerprint density at radius 3 is 2.76 bits per heavy atom. The molecule has 0 heterocycles. The molecule has 5 heteroatoms. The lowest BCUT2D eigenvalue weighted by atomic mass is 10.2. The van der Waals surface area contributed by atoms with Gasteiger partial charge in [-0.15, -0.1) is 0 Å². The third kappa shape index (κ3) is 3.91. The molecule has 17 heavy (non-hydrogen) atoms. The number of hydrogen-bond acceptors (Lipinski definition) is 3. The van der Waals surface area contributed by atoms with Crippen molar-refractivity contribution < 1.29 is 9.53 Å². The molecule has 0 fully saturated rings. The smallest absolute Gasteiger partial charge is 0.226 e. The second kappa shape index (κ2) is 5.89. The van der Waals surface area contributed by atoms with Gasteiger partial charge in [0.25, 0.3) is 0 Å². The van der Waals surface area contributed by atoms with Crippen LogP contribution in [0.4, 0.5) is 5.69 Å². The number of halogens is 1. The summed E-state index contributed by atoms with van der Waals surface area (Å²) in [5.41, 5.74) is 7.01. The predicted octanol–water partition coefficient (Wildman–Crippen LogP) is 2.33. The minimum absolute atomic E-state index is 0.154. The fraction of sp³-hybridized carbons (Fsp3) is 0.417. The molecule has 0 aliphatic rings. The summed E-state index contributed by atoms with van der Waals surface area (Å²) in [6.45, 7) is 3.65. The zero-order valence-corrected chi connectivity index (χ0v) is 11.0. The Balaban J connectivity index is 2.90. The first-order valence-corrected chi connectivity index (χ1v) is 5.71. The average molecular weight is 257 g/mol. The molecule has 1 unspecified atom stereocenters. The Hall–Kier alpha value is -1.26. The maximum Gasteiger partial charge on any atom is 0.226 e.